The Bertz CT molecular complexity index is 388. The van der Waals surface area contributed by atoms with Gasteiger partial charge in [-0.3, -0.25) is 0 Å². The molecule has 0 radical (unpaired) electrons. The number of rotatable bonds is 5. The summed E-state index contributed by atoms with van der Waals surface area (Å²) in [7, 11) is 1.92. The van der Waals surface area contributed by atoms with Crippen molar-refractivity contribution in [2.24, 2.45) is 5.92 Å². The van der Waals surface area contributed by atoms with Gasteiger partial charge < -0.3 is 5.32 Å². The summed E-state index contributed by atoms with van der Waals surface area (Å²) in [6.07, 6.45) is 2.49. The molecule has 1 heterocycles. The van der Waals surface area contributed by atoms with Gasteiger partial charge in [-0.2, -0.15) is 0 Å². The van der Waals surface area contributed by atoms with Crippen molar-refractivity contribution in [1.82, 2.24) is 9.97 Å². The number of nitrogens with one attached hydrogen (secondary N) is 1. The van der Waals surface area contributed by atoms with Gasteiger partial charge in [0.15, 0.2) is 0 Å². The Morgan fingerprint density at radius 3 is 2.53 bits per heavy atom. The fraction of sp³-hybridized carbons (Fsp3) is 0.692. The van der Waals surface area contributed by atoms with Gasteiger partial charge in [-0.15, -0.1) is 11.8 Å². The second-order valence-electron chi connectivity index (χ2n) is 5.04. The van der Waals surface area contributed by atoms with Crippen LogP contribution in [0, 0.1) is 5.92 Å². The van der Waals surface area contributed by atoms with Gasteiger partial charge >= 0.3 is 0 Å². The van der Waals surface area contributed by atoms with Crippen LogP contribution in [0.25, 0.3) is 0 Å². The second kappa shape index (κ2) is 5.25. The third kappa shape index (κ3) is 3.35. The highest BCUT2D eigenvalue weighted by Gasteiger charge is 2.27. The molecule has 0 spiro atoms. The summed E-state index contributed by atoms with van der Waals surface area (Å²) in [5, 5.41) is 4.82. The van der Waals surface area contributed by atoms with E-state index < -0.39 is 0 Å². The monoisotopic (exact) mass is 251 g/mol. The summed E-state index contributed by atoms with van der Waals surface area (Å²) >= 11 is 1.85. The summed E-state index contributed by atoms with van der Waals surface area (Å²) in [6, 6.07) is 2.05. The van der Waals surface area contributed by atoms with Gasteiger partial charge in [0, 0.05) is 24.3 Å². The first-order valence-electron chi connectivity index (χ1n) is 6.33. The minimum atomic E-state index is 0.585. The van der Waals surface area contributed by atoms with Crippen molar-refractivity contribution in [1.29, 1.82) is 0 Å². The Labute approximate surface area is 108 Å². The van der Waals surface area contributed by atoms with Gasteiger partial charge in [-0.25, -0.2) is 9.97 Å². The standard InChI is InChI=1S/C13H21N3S/c1-8(2)9(3)17-12-7-11(14-4)15-13(16-12)10-5-6-10/h7-10H,5-6H2,1-4H3,(H,14,15,16). The Balaban J connectivity index is 2.17. The molecule has 0 bridgehead atoms. The number of hydrogen-bond donors (Lipinski definition) is 1. The van der Waals surface area contributed by atoms with Gasteiger partial charge in [0.05, 0.1) is 0 Å². The molecule has 1 aromatic rings. The highest BCUT2D eigenvalue weighted by atomic mass is 32.2. The fourth-order valence-electron chi connectivity index (χ4n) is 1.48. The zero-order valence-electron chi connectivity index (χ0n) is 11.0. The number of anilines is 1. The molecule has 0 aliphatic heterocycles. The molecule has 1 fully saturated rings. The van der Waals surface area contributed by atoms with E-state index in [9.17, 15) is 0 Å². The van der Waals surface area contributed by atoms with Crippen LogP contribution in [0.4, 0.5) is 5.82 Å². The molecule has 0 saturated heterocycles. The Kier molecular flexibility index (Phi) is 3.92. The minimum absolute atomic E-state index is 0.585. The molecule has 2 rings (SSSR count). The van der Waals surface area contributed by atoms with Crippen LogP contribution in [0.3, 0.4) is 0 Å². The largest absolute Gasteiger partial charge is 0.373 e. The van der Waals surface area contributed by atoms with Gasteiger partial charge in [-0.05, 0) is 18.8 Å². The maximum absolute atomic E-state index is 4.68. The summed E-state index contributed by atoms with van der Waals surface area (Å²) < 4.78 is 0. The molecule has 1 atom stereocenters. The quantitative estimate of drug-likeness (QED) is 0.641. The fourth-order valence-corrected chi connectivity index (χ4v) is 2.46. The molecule has 3 nitrogen and oxygen atoms in total. The molecule has 0 aromatic carbocycles. The third-order valence-electron chi connectivity index (χ3n) is 3.16. The van der Waals surface area contributed by atoms with Crippen LogP contribution in [-0.2, 0) is 0 Å². The average molecular weight is 251 g/mol. The number of nitrogens with zero attached hydrogens (tertiary/aromatic N) is 2. The van der Waals surface area contributed by atoms with Crippen LogP contribution in [0.1, 0.15) is 45.4 Å². The molecule has 4 heteroatoms. The van der Waals surface area contributed by atoms with Crippen molar-refractivity contribution in [2.45, 2.75) is 49.8 Å². The van der Waals surface area contributed by atoms with Crippen molar-refractivity contribution in [3.05, 3.63) is 11.9 Å². The molecule has 1 aliphatic rings. The van der Waals surface area contributed by atoms with E-state index >= 15 is 0 Å². The second-order valence-corrected chi connectivity index (χ2v) is 6.44. The Morgan fingerprint density at radius 1 is 1.29 bits per heavy atom. The van der Waals surface area contributed by atoms with Gasteiger partial charge in [0.2, 0.25) is 0 Å². The van der Waals surface area contributed by atoms with Crippen molar-refractivity contribution >= 4 is 17.6 Å². The van der Waals surface area contributed by atoms with E-state index in [4.69, 9.17) is 0 Å². The van der Waals surface area contributed by atoms with E-state index in [1.54, 1.807) is 0 Å². The van der Waals surface area contributed by atoms with Crippen molar-refractivity contribution in [2.75, 3.05) is 12.4 Å². The van der Waals surface area contributed by atoms with Gasteiger partial charge in [0.1, 0.15) is 16.7 Å². The van der Waals surface area contributed by atoms with Crippen molar-refractivity contribution < 1.29 is 0 Å². The van der Waals surface area contributed by atoms with Crippen LogP contribution >= 0.6 is 11.8 Å². The van der Waals surface area contributed by atoms with E-state index in [1.807, 2.05) is 18.8 Å². The van der Waals surface area contributed by atoms with Crippen molar-refractivity contribution in [3.8, 4) is 0 Å². The smallest absolute Gasteiger partial charge is 0.135 e. The first kappa shape index (κ1) is 12.7. The first-order valence-corrected chi connectivity index (χ1v) is 7.21. The SMILES string of the molecule is CNc1cc(SC(C)C(C)C)nc(C2CC2)n1. The predicted octanol–water partition coefficient (Wildman–Crippen LogP) is 3.53. The topological polar surface area (TPSA) is 37.8 Å². The lowest BCUT2D eigenvalue weighted by Crippen LogP contribution is -2.07. The van der Waals surface area contributed by atoms with E-state index in [-0.39, 0.29) is 0 Å². The highest BCUT2D eigenvalue weighted by Crippen LogP contribution is 2.39. The van der Waals surface area contributed by atoms with E-state index in [1.165, 1.54) is 12.8 Å². The van der Waals surface area contributed by atoms with Crippen LogP contribution in [0.15, 0.2) is 11.1 Å². The van der Waals surface area contributed by atoms with Crippen LogP contribution in [0.5, 0.6) is 0 Å². The zero-order chi connectivity index (χ0) is 12.4. The number of hydrogen-bond acceptors (Lipinski definition) is 4. The van der Waals surface area contributed by atoms with Crippen LogP contribution < -0.4 is 5.32 Å². The lowest BCUT2D eigenvalue weighted by molar-refractivity contribution is 0.641. The molecule has 1 aromatic heterocycles. The first-order chi connectivity index (χ1) is 8.10. The molecule has 1 aliphatic carbocycles. The maximum Gasteiger partial charge on any atom is 0.135 e. The Morgan fingerprint density at radius 2 is 2.00 bits per heavy atom. The molecule has 1 saturated carbocycles. The van der Waals surface area contributed by atoms with E-state index in [2.05, 4.69) is 42.1 Å². The molecule has 94 valence electrons. The van der Waals surface area contributed by atoms with Gasteiger partial charge in [0.25, 0.3) is 0 Å². The Hall–Kier alpha value is -0.770. The molecule has 17 heavy (non-hydrogen) atoms. The molecular formula is C13H21N3S. The third-order valence-corrected chi connectivity index (χ3v) is 4.53. The van der Waals surface area contributed by atoms with Gasteiger partial charge in [-0.1, -0.05) is 20.8 Å². The van der Waals surface area contributed by atoms with E-state index in [0.717, 1.165) is 16.7 Å². The lowest BCUT2D eigenvalue weighted by Gasteiger charge is -2.15. The molecule has 1 N–H and O–H groups in total. The number of thioether (sulfide) groups is 1. The maximum atomic E-state index is 4.68. The normalized spacial score (nSPS) is 17.2. The van der Waals surface area contributed by atoms with Crippen LogP contribution in [0.2, 0.25) is 0 Å². The summed E-state index contributed by atoms with van der Waals surface area (Å²) in [4.78, 5) is 9.21. The summed E-state index contributed by atoms with van der Waals surface area (Å²) in [6.45, 7) is 6.76. The average Bonchev–Trinajstić information content (AvgIpc) is 3.12. The molecule has 1 unspecified atom stereocenters. The zero-order valence-corrected chi connectivity index (χ0v) is 11.8. The summed E-state index contributed by atoms with van der Waals surface area (Å²) in [5.41, 5.74) is 0. The van der Waals surface area contributed by atoms with Crippen molar-refractivity contribution in [3.63, 3.8) is 0 Å². The summed E-state index contributed by atoms with van der Waals surface area (Å²) in [5.74, 6) is 3.24. The lowest BCUT2D eigenvalue weighted by atomic mass is 10.2. The van der Waals surface area contributed by atoms with Crippen LogP contribution in [-0.4, -0.2) is 22.3 Å². The van der Waals surface area contributed by atoms with E-state index in [0.29, 0.717) is 17.1 Å². The number of aromatic nitrogens is 2. The predicted molar refractivity (Wildman–Crippen MR) is 73.7 cm³/mol. The molecular weight excluding hydrogens is 230 g/mol. The minimum Gasteiger partial charge on any atom is -0.373 e. The highest BCUT2D eigenvalue weighted by molar-refractivity contribution is 7.99. The molecule has 0 amide bonds.